The van der Waals surface area contributed by atoms with E-state index in [1.165, 1.54) is 5.56 Å². The highest BCUT2D eigenvalue weighted by Gasteiger charge is 2.39. The van der Waals surface area contributed by atoms with Crippen LogP contribution < -0.4 is 14.8 Å². The summed E-state index contributed by atoms with van der Waals surface area (Å²) in [6, 6.07) is 14.5. The number of alkyl halides is 1. The number of allylic oxidation sites excluding steroid dienone is 4. The molecule has 0 saturated heterocycles. The van der Waals surface area contributed by atoms with Crippen molar-refractivity contribution < 1.29 is 14.3 Å². The van der Waals surface area contributed by atoms with E-state index in [9.17, 15) is 10.1 Å². The minimum atomic E-state index is -0.434. The summed E-state index contributed by atoms with van der Waals surface area (Å²) in [7, 11) is 0. The molecule has 2 atom stereocenters. The van der Waals surface area contributed by atoms with Gasteiger partial charge in [-0.2, -0.15) is 5.26 Å². The largest absolute Gasteiger partial charge is 0.490 e. The predicted octanol–water partition coefficient (Wildman–Crippen LogP) is 7.84. The molecule has 1 aliphatic heterocycles. The van der Waals surface area contributed by atoms with Crippen LogP contribution in [0.1, 0.15) is 69.1 Å². The Morgan fingerprint density at radius 1 is 1.14 bits per heavy atom. The molecule has 1 aliphatic carbocycles. The second-order valence-corrected chi connectivity index (χ2v) is 11.0. The molecule has 0 saturated carbocycles. The number of Topliss-reactive ketones (excluding diaryl/α,β-unsaturated/α-hetero) is 1. The van der Waals surface area contributed by atoms with Crippen LogP contribution >= 0.6 is 31.9 Å². The van der Waals surface area contributed by atoms with Crippen LogP contribution in [0.5, 0.6) is 11.5 Å². The first-order valence-corrected chi connectivity index (χ1v) is 14.7. The van der Waals surface area contributed by atoms with Gasteiger partial charge in [0, 0.05) is 28.7 Å². The summed E-state index contributed by atoms with van der Waals surface area (Å²) in [5, 5.41) is 14.3. The Kier molecular flexibility index (Phi) is 9.15. The van der Waals surface area contributed by atoms with Crippen LogP contribution in [0.2, 0.25) is 0 Å². The van der Waals surface area contributed by atoms with Gasteiger partial charge in [0.1, 0.15) is 6.61 Å². The van der Waals surface area contributed by atoms with Crippen LogP contribution in [0.25, 0.3) is 0 Å². The Labute approximate surface area is 236 Å². The zero-order chi connectivity index (χ0) is 26.5. The number of dihydropyridines is 1. The van der Waals surface area contributed by atoms with Crippen molar-refractivity contribution in [2.24, 2.45) is 5.92 Å². The summed E-state index contributed by atoms with van der Waals surface area (Å²) >= 11 is 7.20. The molecule has 5 nitrogen and oxygen atoms in total. The van der Waals surface area contributed by atoms with E-state index in [0.29, 0.717) is 48.2 Å². The number of nitriles is 1. The van der Waals surface area contributed by atoms with Crippen molar-refractivity contribution in [3.63, 3.8) is 0 Å². The zero-order valence-electron chi connectivity index (χ0n) is 21.5. The summed E-state index contributed by atoms with van der Waals surface area (Å²) in [4.78, 5) is 13.4. The number of halogens is 2. The maximum absolute atomic E-state index is 13.4. The summed E-state index contributed by atoms with van der Waals surface area (Å²) in [5.41, 5.74) is 6.12. The third kappa shape index (κ3) is 5.97. The van der Waals surface area contributed by atoms with Crippen molar-refractivity contribution in [3.05, 3.63) is 80.1 Å². The molecule has 0 aromatic heterocycles. The summed E-state index contributed by atoms with van der Waals surface area (Å²) in [5.74, 6) is 1.22. The number of hydrogen-bond acceptors (Lipinski definition) is 5. The number of benzene rings is 2. The molecule has 2 aliphatic rings. The number of carbonyl (C=O) groups is 1. The van der Waals surface area contributed by atoms with E-state index in [4.69, 9.17) is 9.47 Å². The highest BCUT2D eigenvalue weighted by atomic mass is 79.9. The Morgan fingerprint density at radius 2 is 1.92 bits per heavy atom. The summed E-state index contributed by atoms with van der Waals surface area (Å²) < 4.78 is 13.0. The molecular formula is C30H32Br2N2O3. The van der Waals surface area contributed by atoms with E-state index in [0.717, 1.165) is 51.6 Å². The summed E-state index contributed by atoms with van der Waals surface area (Å²) in [6.07, 6.45) is 3.43. The molecule has 2 aromatic carbocycles. The van der Waals surface area contributed by atoms with Crippen LogP contribution in [0.15, 0.2) is 63.4 Å². The van der Waals surface area contributed by atoms with Gasteiger partial charge in [-0.15, -0.1) is 0 Å². The SMILES string of the molecule is CCCC1CC(=O)C2=C(C1)NC(C)=C(C#N)C2c1cc(Br)c(OCc2cccc(CBr)c2)c(OCC)c1. The fraction of sp³-hybridized carbons (Fsp3) is 0.400. The van der Waals surface area contributed by atoms with Crippen molar-refractivity contribution in [2.75, 3.05) is 6.61 Å². The second-order valence-electron chi connectivity index (χ2n) is 9.59. The quantitative estimate of drug-likeness (QED) is 0.287. The van der Waals surface area contributed by atoms with Crippen LogP contribution in [-0.2, 0) is 16.7 Å². The van der Waals surface area contributed by atoms with Gasteiger partial charge in [0.15, 0.2) is 17.3 Å². The maximum atomic E-state index is 13.4. The molecule has 0 bridgehead atoms. The van der Waals surface area contributed by atoms with Crippen LogP contribution in [0, 0.1) is 17.2 Å². The fourth-order valence-corrected chi connectivity index (χ4v) is 6.25. The van der Waals surface area contributed by atoms with Gasteiger partial charge in [0.2, 0.25) is 0 Å². The zero-order valence-corrected chi connectivity index (χ0v) is 24.7. The molecule has 2 unspecified atom stereocenters. The Bertz CT molecular complexity index is 1290. The molecule has 0 radical (unpaired) electrons. The van der Waals surface area contributed by atoms with Gasteiger partial charge in [0.25, 0.3) is 0 Å². The minimum Gasteiger partial charge on any atom is -0.490 e. The van der Waals surface area contributed by atoms with Gasteiger partial charge >= 0.3 is 0 Å². The monoisotopic (exact) mass is 626 g/mol. The van der Waals surface area contributed by atoms with E-state index < -0.39 is 5.92 Å². The van der Waals surface area contributed by atoms with Crippen molar-refractivity contribution >= 4 is 37.6 Å². The van der Waals surface area contributed by atoms with Gasteiger partial charge in [-0.25, -0.2) is 0 Å². The lowest BCUT2D eigenvalue weighted by Crippen LogP contribution is -2.34. The normalized spacial score (nSPS) is 19.3. The van der Waals surface area contributed by atoms with Crippen molar-refractivity contribution in [1.82, 2.24) is 5.32 Å². The van der Waals surface area contributed by atoms with Crippen molar-refractivity contribution in [1.29, 1.82) is 5.26 Å². The van der Waals surface area contributed by atoms with E-state index in [-0.39, 0.29) is 5.78 Å². The fourth-order valence-electron chi connectivity index (χ4n) is 5.33. The topological polar surface area (TPSA) is 71.4 Å². The van der Waals surface area contributed by atoms with Gasteiger partial charge in [0.05, 0.1) is 28.6 Å². The highest BCUT2D eigenvalue weighted by molar-refractivity contribution is 9.10. The Hall–Kier alpha value is -2.56. The minimum absolute atomic E-state index is 0.124. The van der Waals surface area contributed by atoms with E-state index in [2.05, 4.69) is 62.3 Å². The van der Waals surface area contributed by atoms with Crippen LogP contribution in [0.3, 0.4) is 0 Å². The van der Waals surface area contributed by atoms with E-state index in [1.807, 2.05) is 38.1 Å². The average molecular weight is 628 g/mol. The number of rotatable bonds is 9. The van der Waals surface area contributed by atoms with E-state index in [1.54, 1.807) is 0 Å². The first kappa shape index (κ1) is 27.5. The molecule has 194 valence electrons. The average Bonchev–Trinajstić information content (AvgIpc) is 2.87. The predicted molar refractivity (Wildman–Crippen MR) is 153 cm³/mol. The van der Waals surface area contributed by atoms with Crippen molar-refractivity contribution in [3.8, 4) is 17.6 Å². The number of carbonyl (C=O) groups excluding carboxylic acids is 1. The lowest BCUT2D eigenvalue weighted by molar-refractivity contribution is -0.117. The molecule has 0 amide bonds. The van der Waals surface area contributed by atoms with E-state index >= 15 is 0 Å². The molecular weight excluding hydrogens is 596 g/mol. The maximum Gasteiger partial charge on any atom is 0.175 e. The molecule has 37 heavy (non-hydrogen) atoms. The number of ether oxygens (including phenoxy) is 2. The first-order valence-electron chi connectivity index (χ1n) is 12.8. The van der Waals surface area contributed by atoms with Crippen molar-refractivity contribution in [2.45, 2.75) is 64.3 Å². The van der Waals surface area contributed by atoms with Crippen LogP contribution in [-0.4, -0.2) is 12.4 Å². The molecule has 7 heteroatoms. The molecule has 0 fully saturated rings. The first-order chi connectivity index (χ1) is 17.9. The van der Waals surface area contributed by atoms with Gasteiger partial charge in [-0.05, 0) is 77.4 Å². The van der Waals surface area contributed by atoms with Gasteiger partial charge < -0.3 is 14.8 Å². The number of hydrogen-bond donors (Lipinski definition) is 1. The number of ketones is 1. The lowest BCUT2D eigenvalue weighted by Gasteiger charge is -2.35. The third-order valence-electron chi connectivity index (χ3n) is 6.92. The van der Waals surface area contributed by atoms with Gasteiger partial charge in [-0.1, -0.05) is 53.5 Å². The number of nitrogens with one attached hydrogen (secondary N) is 1. The van der Waals surface area contributed by atoms with Crippen LogP contribution in [0.4, 0.5) is 0 Å². The number of nitrogens with zero attached hydrogens (tertiary/aromatic N) is 1. The molecule has 0 spiro atoms. The standard InChI is InChI=1S/C30H32Br2N2O3/c1-4-7-19-11-25-29(26(35)12-19)28(23(16-33)18(3)34-25)22-13-24(32)30(27(14-22)36-5-2)37-17-21-9-6-8-20(10-21)15-31/h6,8-10,13-14,19,28,34H,4-5,7,11-12,15,17H2,1-3H3. The molecule has 1 heterocycles. The lowest BCUT2D eigenvalue weighted by atomic mass is 9.72. The highest BCUT2D eigenvalue weighted by Crippen LogP contribution is 2.47. The Balaban J connectivity index is 1.73. The smallest absolute Gasteiger partial charge is 0.175 e. The second kappa shape index (κ2) is 12.3. The third-order valence-corrected chi connectivity index (χ3v) is 8.16. The molecule has 1 N–H and O–H groups in total. The Morgan fingerprint density at radius 3 is 2.62 bits per heavy atom. The molecule has 2 aromatic rings. The summed E-state index contributed by atoms with van der Waals surface area (Å²) in [6.45, 7) is 6.85. The van der Waals surface area contributed by atoms with Gasteiger partial charge in [-0.3, -0.25) is 4.79 Å². The molecule has 4 rings (SSSR count).